The minimum Gasteiger partial charge on any atom is -0.307 e. The lowest BCUT2D eigenvalue weighted by atomic mass is 10.1. The molecule has 1 N–H and O–H groups in total. The zero-order valence-corrected chi connectivity index (χ0v) is 7.83. The molecule has 0 bridgehead atoms. The molecule has 1 atom stereocenters. The minimum absolute atomic E-state index is 0.174. The highest BCUT2D eigenvalue weighted by molar-refractivity contribution is 5.11. The van der Waals surface area contributed by atoms with Crippen LogP contribution < -0.4 is 5.32 Å². The van der Waals surface area contributed by atoms with Crippen molar-refractivity contribution in [1.82, 2.24) is 10.3 Å². The van der Waals surface area contributed by atoms with Crippen molar-refractivity contribution in [2.75, 3.05) is 7.05 Å². The van der Waals surface area contributed by atoms with Gasteiger partial charge in [-0.2, -0.15) is 0 Å². The van der Waals surface area contributed by atoms with Crippen LogP contribution >= 0.6 is 0 Å². The van der Waals surface area contributed by atoms with Crippen LogP contribution in [0.3, 0.4) is 0 Å². The van der Waals surface area contributed by atoms with E-state index in [9.17, 15) is 0 Å². The van der Waals surface area contributed by atoms with Gasteiger partial charge in [0.25, 0.3) is 0 Å². The topological polar surface area (TPSA) is 24.9 Å². The van der Waals surface area contributed by atoms with Gasteiger partial charge in [-0.1, -0.05) is 5.92 Å². The molecule has 0 fully saturated rings. The van der Waals surface area contributed by atoms with Crippen LogP contribution in [-0.4, -0.2) is 18.1 Å². The first kappa shape index (κ1) is 9.76. The van der Waals surface area contributed by atoms with E-state index in [2.05, 4.69) is 16.2 Å². The molecule has 0 aromatic carbocycles. The molecule has 0 amide bonds. The zero-order chi connectivity index (χ0) is 9.52. The highest BCUT2D eigenvalue weighted by atomic mass is 14.8. The standard InChI is InChI=1S/C11H14N2/c1-3-11(12-2)5-4-10-6-8-13-9-7-10/h1,6-9,11-12H,4-5H2,2H3. The second kappa shape index (κ2) is 5.34. The van der Waals surface area contributed by atoms with Gasteiger partial charge in [-0.15, -0.1) is 6.42 Å². The maximum atomic E-state index is 5.32. The summed E-state index contributed by atoms with van der Waals surface area (Å²) >= 11 is 0. The average Bonchev–Trinajstić information content (AvgIpc) is 2.21. The molecule has 1 unspecified atom stereocenters. The van der Waals surface area contributed by atoms with E-state index in [1.54, 1.807) is 12.4 Å². The molecule has 0 aliphatic carbocycles. The summed E-state index contributed by atoms with van der Waals surface area (Å²) in [7, 11) is 1.89. The normalized spacial score (nSPS) is 12.0. The molecule has 1 aromatic rings. The molecule has 0 spiro atoms. The van der Waals surface area contributed by atoms with Crippen LogP contribution in [0.1, 0.15) is 12.0 Å². The SMILES string of the molecule is C#CC(CCc1ccncc1)NC. The highest BCUT2D eigenvalue weighted by Gasteiger charge is 2.00. The summed E-state index contributed by atoms with van der Waals surface area (Å²) in [5, 5.41) is 3.07. The summed E-state index contributed by atoms with van der Waals surface area (Å²) in [5.74, 6) is 2.70. The molecule has 1 aromatic heterocycles. The van der Waals surface area contributed by atoms with Crippen molar-refractivity contribution in [1.29, 1.82) is 0 Å². The first-order valence-corrected chi connectivity index (χ1v) is 4.39. The van der Waals surface area contributed by atoms with Crippen molar-refractivity contribution in [3.63, 3.8) is 0 Å². The van der Waals surface area contributed by atoms with Crippen molar-refractivity contribution < 1.29 is 0 Å². The Morgan fingerprint density at radius 3 is 2.77 bits per heavy atom. The predicted molar refractivity (Wildman–Crippen MR) is 54.2 cm³/mol. The van der Waals surface area contributed by atoms with Gasteiger partial charge in [0.05, 0.1) is 6.04 Å². The van der Waals surface area contributed by atoms with Crippen LogP contribution in [0.25, 0.3) is 0 Å². The molecule has 0 aliphatic rings. The van der Waals surface area contributed by atoms with E-state index in [1.165, 1.54) is 5.56 Å². The van der Waals surface area contributed by atoms with Crippen LogP contribution in [0.15, 0.2) is 24.5 Å². The number of rotatable bonds is 4. The van der Waals surface area contributed by atoms with Crippen LogP contribution in [-0.2, 0) is 6.42 Å². The Balaban J connectivity index is 2.40. The van der Waals surface area contributed by atoms with Crippen molar-refractivity contribution in [2.24, 2.45) is 0 Å². The molecule has 68 valence electrons. The van der Waals surface area contributed by atoms with Gasteiger partial charge < -0.3 is 5.32 Å². The number of aryl methyl sites for hydroxylation is 1. The Kier molecular flexibility index (Phi) is 4.01. The first-order chi connectivity index (χ1) is 6.36. The van der Waals surface area contributed by atoms with Gasteiger partial charge in [0.15, 0.2) is 0 Å². The Bertz CT molecular complexity index is 274. The second-order valence-electron chi connectivity index (χ2n) is 2.90. The summed E-state index contributed by atoms with van der Waals surface area (Å²) in [6.45, 7) is 0. The molecule has 0 radical (unpaired) electrons. The van der Waals surface area contributed by atoms with E-state index in [0.29, 0.717) is 0 Å². The number of hydrogen-bond acceptors (Lipinski definition) is 2. The third-order valence-electron chi connectivity index (χ3n) is 2.02. The predicted octanol–water partition coefficient (Wildman–Crippen LogP) is 1.24. The van der Waals surface area contributed by atoms with Crippen molar-refractivity contribution in [3.05, 3.63) is 30.1 Å². The van der Waals surface area contributed by atoms with Crippen LogP contribution in [0.4, 0.5) is 0 Å². The number of nitrogens with zero attached hydrogens (tertiary/aromatic N) is 1. The lowest BCUT2D eigenvalue weighted by Gasteiger charge is -2.08. The number of aromatic nitrogens is 1. The van der Waals surface area contributed by atoms with Gasteiger partial charge in [0.1, 0.15) is 0 Å². The number of nitrogens with one attached hydrogen (secondary N) is 1. The monoisotopic (exact) mass is 174 g/mol. The second-order valence-corrected chi connectivity index (χ2v) is 2.90. The van der Waals surface area contributed by atoms with E-state index < -0.39 is 0 Å². The minimum atomic E-state index is 0.174. The molecule has 0 aliphatic heterocycles. The summed E-state index contributed by atoms with van der Waals surface area (Å²) in [4.78, 5) is 3.96. The average molecular weight is 174 g/mol. The van der Waals surface area contributed by atoms with Crippen molar-refractivity contribution in [3.8, 4) is 12.3 Å². The highest BCUT2D eigenvalue weighted by Crippen LogP contribution is 2.02. The zero-order valence-electron chi connectivity index (χ0n) is 7.83. The number of pyridine rings is 1. The van der Waals surface area contributed by atoms with Crippen LogP contribution in [0, 0.1) is 12.3 Å². The Morgan fingerprint density at radius 2 is 2.23 bits per heavy atom. The van der Waals surface area contributed by atoms with Gasteiger partial charge in [-0.3, -0.25) is 4.98 Å². The molecule has 2 heteroatoms. The molecular weight excluding hydrogens is 160 g/mol. The van der Waals surface area contributed by atoms with E-state index in [-0.39, 0.29) is 6.04 Å². The third kappa shape index (κ3) is 3.27. The largest absolute Gasteiger partial charge is 0.307 e. The lowest BCUT2D eigenvalue weighted by molar-refractivity contribution is 0.630. The maximum Gasteiger partial charge on any atom is 0.0687 e. The fraction of sp³-hybridized carbons (Fsp3) is 0.364. The Hall–Kier alpha value is -1.33. The van der Waals surface area contributed by atoms with Gasteiger partial charge in [-0.25, -0.2) is 0 Å². The van der Waals surface area contributed by atoms with E-state index in [4.69, 9.17) is 6.42 Å². The first-order valence-electron chi connectivity index (χ1n) is 4.39. The Morgan fingerprint density at radius 1 is 1.54 bits per heavy atom. The molecule has 13 heavy (non-hydrogen) atoms. The maximum absolute atomic E-state index is 5.32. The van der Waals surface area contributed by atoms with Crippen LogP contribution in [0.5, 0.6) is 0 Å². The molecular formula is C11H14N2. The summed E-state index contributed by atoms with van der Waals surface area (Å²) < 4.78 is 0. The van der Waals surface area contributed by atoms with Gasteiger partial charge >= 0.3 is 0 Å². The Labute approximate surface area is 79.4 Å². The molecule has 2 nitrogen and oxygen atoms in total. The van der Waals surface area contributed by atoms with Gasteiger partial charge in [0, 0.05) is 12.4 Å². The van der Waals surface area contributed by atoms with Gasteiger partial charge in [0.2, 0.25) is 0 Å². The fourth-order valence-electron chi connectivity index (χ4n) is 1.17. The smallest absolute Gasteiger partial charge is 0.0687 e. The van der Waals surface area contributed by atoms with Crippen molar-refractivity contribution >= 4 is 0 Å². The lowest BCUT2D eigenvalue weighted by Crippen LogP contribution is -2.23. The summed E-state index contributed by atoms with van der Waals surface area (Å²) in [6.07, 6.45) is 10.9. The fourth-order valence-corrected chi connectivity index (χ4v) is 1.17. The van der Waals surface area contributed by atoms with E-state index in [1.807, 2.05) is 19.2 Å². The molecule has 0 saturated carbocycles. The van der Waals surface area contributed by atoms with Gasteiger partial charge in [-0.05, 0) is 37.6 Å². The van der Waals surface area contributed by atoms with Crippen molar-refractivity contribution in [2.45, 2.75) is 18.9 Å². The molecule has 0 saturated heterocycles. The van der Waals surface area contributed by atoms with Crippen LogP contribution in [0.2, 0.25) is 0 Å². The van der Waals surface area contributed by atoms with E-state index in [0.717, 1.165) is 12.8 Å². The molecule has 1 heterocycles. The van der Waals surface area contributed by atoms with E-state index >= 15 is 0 Å². The molecule has 1 rings (SSSR count). The summed E-state index contributed by atoms with van der Waals surface area (Å²) in [6, 6.07) is 4.21. The third-order valence-corrected chi connectivity index (χ3v) is 2.02. The summed E-state index contributed by atoms with van der Waals surface area (Å²) in [5.41, 5.74) is 1.28. The number of terminal acetylenes is 1. The number of hydrogen-bond donors (Lipinski definition) is 1. The quantitative estimate of drug-likeness (QED) is 0.695.